The molecule has 0 radical (unpaired) electrons. The normalized spacial score (nSPS) is 10.8. The van der Waals surface area contributed by atoms with Crippen LogP contribution in [0.15, 0.2) is 42.5 Å². The van der Waals surface area contributed by atoms with Crippen LogP contribution in [0.3, 0.4) is 0 Å². The molecule has 0 fully saturated rings. The van der Waals surface area contributed by atoms with Gasteiger partial charge in [0.2, 0.25) is 0 Å². The maximum Gasteiger partial charge on any atom is 0.319 e. The van der Waals surface area contributed by atoms with Crippen molar-refractivity contribution in [2.75, 3.05) is 19.0 Å². The zero-order chi connectivity index (χ0) is 20.8. The third-order valence-corrected chi connectivity index (χ3v) is 4.15. The van der Waals surface area contributed by atoms with Gasteiger partial charge in [0.25, 0.3) is 5.91 Å². The zero-order valence-corrected chi connectivity index (χ0v) is 16.6. The second-order valence-electron chi connectivity index (χ2n) is 6.75. The van der Waals surface area contributed by atoms with Gasteiger partial charge in [0, 0.05) is 23.8 Å². The van der Waals surface area contributed by atoms with E-state index in [9.17, 15) is 9.59 Å². The Labute approximate surface area is 168 Å². The number of carbonyl (C=O) groups is 2. The van der Waals surface area contributed by atoms with Gasteiger partial charge in [-0.3, -0.25) is 4.79 Å². The summed E-state index contributed by atoms with van der Waals surface area (Å²) in [4.78, 5) is 24.1. The number of anilines is 1. The van der Waals surface area contributed by atoms with Crippen LogP contribution in [-0.4, -0.2) is 46.6 Å². The van der Waals surface area contributed by atoms with Crippen molar-refractivity contribution in [1.29, 1.82) is 0 Å². The zero-order valence-electron chi connectivity index (χ0n) is 16.6. The molecule has 0 aliphatic rings. The Kier molecular flexibility index (Phi) is 6.28. The minimum Gasteiger partial charge on any atom is -0.497 e. The van der Waals surface area contributed by atoms with E-state index < -0.39 is 0 Å². The lowest BCUT2D eigenvalue weighted by molar-refractivity contribution is 0.0943. The highest BCUT2D eigenvalue weighted by Crippen LogP contribution is 2.15. The highest BCUT2D eigenvalue weighted by molar-refractivity contribution is 5.97. The number of hydrogen-bond donors (Lipinski definition) is 3. The minimum absolute atomic E-state index is 0.0593. The predicted molar refractivity (Wildman–Crippen MR) is 110 cm³/mol. The molecular formula is C20H24N6O3. The summed E-state index contributed by atoms with van der Waals surface area (Å²) in [5, 5.41) is 16.6. The van der Waals surface area contributed by atoms with Crippen LogP contribution in [-0.2, 0) is 6.54 Å². The van der Waals surface area contributed by atoms with E-state index in [0.717, 1.165) is 11.3 Å². The van der Waals surface area contributed by atoms with E-state index in [0.29, 0.717) is 29.9 Å². The number of ether oxygens (including phenoxy) is 1. The van der Waals surface area contributed by atoms with Crippen molar-refractivity contribution in [3.05, 3.63) is 48.0 Å². The van der Waals surface area contributed by atoms with Crippen molar-refractivity contribution in [2.24, 2.45) is 0 Å². The molecule has 0 spiro atoms. The first kappa shape index (κ1) is 20.1. The smallest absolute Gasteiger partial charge is 0.319 e. The van der Waals surface area contributed by atoms with Crippen molar-refractivity contribution in [3.8, 4) is 5.75 Å². The van der Waals surface area contributed by atoms with E-state index in [4.69, 9.17) is 4.74 Å². The minimum atomic E-state index is -0.313. The molecule has 0 aliphatic heterocycles. The highest BCUT2D eigenvalue weighted by atomic mass is 16.5. The number of benzene rings is 2. The van der Waals surface area contributed by atoms with Crippen LogP contribution < -0.4 is 20.7 Å². The summed E-state index contributed by atoms with van der Waals surface area (Å²) in [7, 11) is 1.59. The predicted octanol–water partition coefficient (Wildman–Crippen LogP) is 2.40. The fourth-order valence-corrected chi connectivity index (χ4v) is 2.75. The fourth-order valence-electron chi connectivity index (χ4n) is 2.75. The number of rotatable bonds is 7. The van der Waals surface area contributed by atoms with E-state index in [1.807, 2.05) is 19.9 Å². The average Bonchev–Trinajstić information content (AvgIpc) is 3.10. The van der Waals surface area contributed by atoms with Gasteiger partial charge in [0.1, 0.15) is 11.3 Å². The molecule has 3 aromatic rings. The largest absolute Gasteiger partial charge is 0.497 e. The van der Waals surface area contributed by atoms with Crippen molar-refractivity contribution >= 4 is 28.7 Å². The Morgan fingerprint density at radius 3 is 2.59 bits per heavy atom. The van der Waals surface area contributed by atoms with E-state index in [2.05, 4.69) is 26.3 Å². The van der Waals surface area contributed by atoms with Gasteiger partial charge in [-0.05, 0) is 56.3 Å². The Morgan fingerprint density at radius 2 is 1.90 bits per heavy atom. The van der Waals surface area contributed by atoms with Crippen LogP contribution in [0.2, 0.25) is 0 Å². The molecule has 0 saturated carbocycles. The second kappa shape index (κ2) is 9.05. The van der Waals surface area contributed by atoms with Crippen LogP contribution in [0.5, 0.6) is 5.75 Å². The summed E-state index contributed by atoms with van der Waals surface area (Å²) in [6.07, 6.45) is 0. The number of carbonyl (C=O) groups excluding carboxylic acids is 2. The molecule has 3 amide bonds. The van der Waals surface area contributed by atoms with Gasteiger partial charge in [-0.2, -0.15) is 0 Å². The second-order valence-corrected chi connectivity index (χ2v) is 6.75. The Bertz CT molecular complexity index is 997. The molecule has 9 heteroatoms. The summed E-state index contributed by atoms with van der Waals surface area (Å²) in [6, 6.07) is 12.1. The molecule has 0 bridgehead atoms. The average molecular weight is 396 g/mol. The number of hydrogen-bond acceptors (Lipinski definition) is 5. The van der Waals surface area contributed by atoms with Gasteiger partial charge in [0.15, 0.2) is 0 Å². The number of methoxy groups -OCH3 is 1. The highest BCUT2D eigenvalue weighted by Gasteiger charge is 2.11. The van der Waals surface area contributed by atoms with Gasteiger partial charge in [-0.25, -0.2) is 9.48 Å². The molecule has 3 N–H and O–H groups in total. The maximum absolute atomic E-state index is 12.1. The number of aromatic nitrogens is 3. The van der Waals surface area contributed by atoms with Crippen LogP contribution in [0, 0.1) is 0 Å². The number of amides is 3. The Hall–Kier alpha value is -3.62. The van der Waals surface area contributed by atoms with E-state index in [1.54, 1.807) is 48.2 Å². The van der Waals surface area contributed by atoms with Crippen molar-refractivity contribution < 1.29 is 14.3 Å². The summed E-state index contributed by atoms with van der Waals surface area (Å²) in [6.45, 7) is 4.63. The molecule has 3 rings (SSSR count). The lowest BCUT2D eigenvalue weighted by Gasteiger charge is -2.09. The monoisotopic (exact) mass is 396 g/mol. The summed E-state index contributed by atoms with van der Waals surface area (Å²) in [5.41, 5.74) is 2.63. The molecular weight excluding hydrogens is 372 g/mol. The fraction of sp³-hybridized carbons (Fsp3) is 0.300. The van der Waals surface area contributed by atoms with Crippen molar-refractivity contribution in [1.82, 2.24) is 25.6 Å². The van der Waals surface area contributed by atoms with Crippen LogP contribution >= 0.6 is 0 Å². The first-order valence-corrected chi connectivity index (χ1v) is 9.29. The van der Waals surface area contributed by atoms with Gasteiger partial charge in [-0.1, -0.05) is 5.21 Å². The first-order valence-electron chi connectivity index (χ1n) is 9.29. The molecule has 2 aromatic carbocycles. The molecule has 0 atom stereocenters. The van der Waals surface area contributed by atoms with Crippen LogP contribution in [0.25, 0.3) is 11.0 Å². The van der Waals surface area contributed by atoms with Gasteiger partial charge in [0.05, 0.1) is 19.2 Å². The SMILES string of the molecule is COc1ccc(NC(=O)NCCn2nnc3cc(C(=O)NC(C)C)ccc32)cc1. The molecule has 1 aromatic heterocycles. The summed E-state index contributed by atoms with van der Waals surface area (Å²) < 4.78 is 6.77. The Balaban J connectivity index is 1.55. The van der Waals surface area contributed by atoms with E-state index in [1.165, 1.54) is 0 Å². The third-order valence-electron chi connectivity index (χ3n) is 4.15. The van der Waals surface area contributed by atoms with Crippen LogP contribution in [0.4, 0.5) is 10.5 Å². The summed E-state index contributed by atoms with van der Waals surface area (Å²) in [5.74, 6) is 0.576. The quantitative estimate of drug-likeness (QED) is 0.568. The maximum atomic E-state index is 12.1. The number of fused-ring (bicyclic) bond motifs is 1. The number of nitrogens with one attached hydrogen (secondary N) is 3. The standard InChI is InChI=1S/C20H24N6O3/c1-13(2)22-19(27)14-4-9-18-17(12-14)24-25-26(18)11-10-21-20(28)23-15-5-7-16(29-3)8-6-15/h4-9,12-13H,10-11H2,1-3H3,(H,22,27)(H2,21,23,28). The van der Waals surface area contributed by atoms with E-state index >= 15 is 0 Å². The molecule has 0 unspecified atom stereocenters. The van der Waals surface area contributed by atoms with E-state index in [-0.39, 0.29) is 18.0 Å². The lowest BCUT2D eigenvalue weighted by atomic mass is 10.2. The molecule has 152 valence electrons. The third kappa shape index (κ3) is 5.22. The topological polar surface area (TPSA) is 110 Å². The van der Waals surface area contributed by atoms with Crippen molar-refractivity contribution in [2.45, 2.75) is 26.4 Å². The molecule has 0 saturated heterocycles. The lowest BCUT2D eigenvalue weighted by Crippen LogP contribution is -2.31. The first-order chi connectivity index (χ1) is 14.0. The summed E-state index contributed by atoms with van der Waals surface area (Å²) >= 11 is 0. The van der Waals surface area contributed by atoms with Gasteiger partial charge >= 0.3 is 6.03 Å². The Morgan fingerprint density at radius 1 is 1.14 bits per heavy atom. The molecule has 0 aliphatic carbocycles. The molecule has 29 heavy (non-hydrogen) atoms. The van der Waals surface area contributed by atoms with Gasteiger partial charge in [-0.15, -0.1) is 5.10 Å². The number of urea groups is 1. The van der Waals surface area contributed by atoms with Gasteiger partial charge < -0.3 is 20.7 Å². The molecule has 1 heterocycles. The number of nitrogens with zero attached hydrogens (tertiary/aromatic N) is 3. The van der Waals surface area contributed by atoms with Crippen LogP contribution in [0.1, 0.15) is 24.2 Å². The van der Waals surface area contributed by atoms with Crippen molar-refractivity contribution in [3.63, 3.8) is 0 Å². The molecule has 9 nitrogen and oxygen atoms in total.